The highest BCUT2D eigenvalue weighted by Gasteiger charge is 2.23. The predicted molar refractivity (Wildman–Crippen MR) is 66.9 cm³/mol. The predicted octanol–water partition coefficient (Wildman–Crippen LogP) is 3.43. The molecule has 1 aliphatic rings. The Balaban J connectivity index is 2.31. The standard InChI is InChI=1S/C12H17ClFN3/c1-2-9-6-4-3-5-7-17(9)11-10(14)8-15-12(13)16-11/h8-9H,2-7H2,1H3. The summed E-state index contributed by atoms with van der Waals surface area (Å²) in [6, 6.07) is 0.359. The Morgan fingerprint density at radius 2 is 2.29 bits per heavy atom. The highest BCUT2D eigenvalue weighted by atomic mass is 35.5. The van der Waals surface area contributed by atoms with Gasteiger partial charge in [-0.1, -0.05) is 19.8 Å². The van der Waals surface area contributed by atoms with Crippen LogP contribution in [0.4, 0.5) is 10.2 Å². The van der Waals surface area contributed by atoms with E-state index >= 15 is 0 Å². The van der Waals surface area contributed by atoms with Gasteiger partial charge in [-0.15, -0.1) is 0 Å². The van der Waals surface area contributed by atoms with Crippen LogP contribution in [0.1, 0.15) is 39.0 Å². The van der Waals surface area contributed by atoms with Crippen molar-refractivity contribution in [3.05, 3.63) is 17.3 Å². The van der Waals surface area contributed by atoms with Crippen molar-refractivity contribution in [3.63, 3.8) is 0 Å². The van der Waals surface area contributed by atoms with E-state index in [9.17, 15) is 4.39 Å². The van der Waals surface area contributed by atoms with Crippen LogP contribution < -0.4 is 4.90 Å². The average molecular weight is 258 g/mol. The van der Waals surface area contributed by atoms with Gasteiger partial charge in [0, 0.05) is 12.6 Å². The first-order valence-corrected chi connectivity index (χ1v) is 6.55. The Bertz CT molecular complexity index is 386. The lowest BCUT2D eigenvalue weighted by Crippen LogP contribution is -2.35. The molecule has 0 aliphatic carbocycles. The lowest BCUT2D eigenvalue weighted by molar-refractivity contribution is 0.531. The Morgan fingerprint density at radius 1 is 1.47 bits per heavy atom. The van der Waals surface area contributed by atoms with Crippen molar-refractivity contribution in [1.82, 2.24) is 9.97 Å². The van der Waals surface area contributed by atoms with Crippen LogP contribution in [0, 0.1) is 5.82 Å². The van der Waals surface area contributed by atoms with E-state index < -0.39 is 0 Å². The second kappa shape index (κ2) is 5.63. The molecule has 0 N–H and O–H groups in total. The summed E-state index contributed by atoms with van der Waals surface area (Å²) in [4.78, 5) is 9.75. The minimum absolute atomic E-state index is 0.112. The zero-order valence-corrected chi connectivity index (χ0v) is 10.8. The van der Waals surface area contributed by atoms with Crippen molar-refractivity contribution in [2.24, 2.45) is 0 Å². The van der Waals surface area contributed by atoms with Crippen molar-refractivity contribution in [2.75, 3.05) is 11.4 Å². The van der Waals surface area contributed by atoms with Gasteiger partial charge in [0.1, 0.15) is 0 Å². The Morgan fingerprint density at radius 3 is 3.06 bits per heavy atom. The van der Waals surface area contributed by atoms with Gasteiger partial charge in [0.15, 0.2) is 11.6 Å². The summed E-state index contributed by atoms with van der Waals surface area (Å²) in [5, 5.41) is 0.112. The molecular formula is C12H17ClFN3. The van der Waals surface area contributed by atoms with E-state index in [0.29, 0.717) is 11.9 Å². The summed E-state index contributed by atoms with van der Waals surface area (Å²) in [7, 11) is 0. The van der Waals surface area contributed by atoms with Crippen LogP contribution in [0.15, 0.2) is 6.20 Å². The third kappa shape index (κ3) is 2.86. The lowest BCUT2D eigenvalue weighted by atomic mass is 10.1. The van der Waals surface area contributed by atoms with E-state index in [0.717, 1.165) is 32.0 Å². The fraction of sp³-hybridized carbons (Fsp3) is 0.667. The number of halogens is 2. The maximum Gasteiger partial charge on any atom is 0.224 e. The minimum Gasteiger partial charge on any atom is -0.351 e. The smallest absolute Gasteiger partial charge is 0.224 e. The molecule has 0 amide bonds. The second-order valence-corrected chi connectivity index (χ2v) is 4.75. The SMILES string of the molecule is CCC1CCCCCN1c1nc(Cl)ncc1F. The van der Waals surface area contributed by atoms with Crippen LogP contribution >= 0.6 is 11.6 Å². The van der Waals surface area contributed by atoms with Crippen LogP contribution in [-0.2, 0) is 0 Å². The quantitative estimate of drug-likeness (QED) is 0.760. The molecule has 1 aromatic heterocycles. The third-order valence-electron chi connectivity index (χ3n) is 3.32. The minimum atomic E-state index is -0.380. The molecule has 1 fully saturated rings. The fourth-order valence-electron chi connectivity index (χ4n) is 2.42. The molecule has 0 saturated carbocycles. The number of hydrogen-bond acceptors (Lipinski definition) is 3. The molecule has 17 heavy (non-hydrogen) atoms. The van der Waals surface area contributed by atoms with Crippen molar-refractivity contribution in [1.29, 1.82) is 0 Å². The largest absolute Gasteiger partial charge is 0.351 e. The molecule has 1 aromatic rings. The van der Waals surface area contributed by atoms with E-state index in [1.54, 1.807) is 0 Å². The molecule has 0 aromatic carbocycles. The number of rotatable bonds is 2. The van der Waals surface area contributed by atoms with Crippen LogP contribution in [-0.4, -0.2) is 22.6 Å². The van der Waals surface area contributed by atoms with Gasteiger partial charge in [-0.05, 0) is 30.9 Å². The molecule has 2 rings (SSSR count). The zero-order chi connectivity index (χ0) is 12.3. The highest BCUT2D eigenvalue weighted by molar-refractivity contribution is 6.28. The second-order valence-electron chi connectivity index (χ2n) is 4.42. The van der Waals surface area contributed by atoms with E-state index in [1.807, 2.05) is 0 Å². The first kappa shape index (κ1) is 12.6. The van der Waals surface area contributed by atoms with E-state index in [-0.39, 0.29) is 11.1 Å². The molecule has 94 valence electrons. The molecule has 0 bridgehead atoms. The topological polar surface area (TPSA) is 29.0 Å². The molecule has 2 heterocycles. The van der Waals surface area contributed by atoms with Gasteiger partial charge in [-0.3, -0.25) is 0 Å². The fourth-order valence-corrected chi connectivity index (χ4v) is 2.55. The van der Waals surface area contributed by atoms with Crippen molar-refractivity contribution < 1.29 is 4.39 Å². The number of aromatic nitrogens is 2. The summed E-state index contributed by atoms with van der Waals surface area (Å²) >= 11 is 5.75. The lowest BCUT2D eigenvalue weighted by Gasteiger charge is -2.30. The first-order valence-electron chi connectivity index (χ1n) is 6.17. The number of anilines is 1. The molecule has 0 radical (unpaired) electrons. The average Bonchev–Trinajstić information content (AvgIpc) is 2.57. The van der Waals surface area contributed by atoms with E-state index in [1.165, 1.54) is 12.8 Å². The molecule has 1 unspecified atom stereocenters. The zero-order valence-electron chi connectivity index (χ0n) is 9.99. The molecule has 1 atom stereocenters. The van der Waals surface area contributed by atoms with Crippen LogP contribution in [0.5, 0.6) is 0 Å². The molecule has 1 aliphatic heterocycles. The summed E-state index contributed by atoms with van der Waals surface area (Å²) in [6.45, 7) is 2.98. The third-order valence-corrected chi connectivity index (χ3v) is 3.50. The van der Waals surface area contributed by atoms with Crippen LogP contribution in [0.2, 0.25) is 5.28 Å². The normalized spacial score (nSPS) is 21.4. The van der Waals surface area contributed by atoms with E-state index in [4.69, 9.17) is 11.6 Å². The molecule has 1 saturated heterocycles. The van der Waals surface area contributed by atoms with Gasteiger partial charge in [-0.2, -0.15) is 4.98 Å². The molecule has 5 heteroatoms. The maximum atomic E-state index is 13.8. The van der Waals surface area contributed by atoms with Crippen LogP contribution in [0.25, 0.3) is 0 Å². The van der Waals surface area contributed by atoms with Gasteiger partial charge < -0.3 is 4.90 Å². The van der Waals surface area contributed by atoms with Gasteiger partial charge in [0.05, 0.1) is 6.20 Å². The number of hydrogen-bond donors (Lipinski definition) is 0. The Hall–Kier alpha value is -0.900. The van der Waals surface area contributed by atoms with Gasteiger partial charge >= 0.3 is 0 Å². The maximum absolute atomic E-state index is 13.8. The highest BCUT2D eigenvalue weighted by Crippen LogP contribution is 2.26. The summed E-state index contributed by atoms with van der Waals surface area (Å²) in [6.07, 6.45) is 6.74. The van der Waals surface area contributed by atoms with Gasteiger partial charge in [-0.25, -0.2) is 9.37 Å². The van der Waals surface area contributed by atoms with Crippen molar-refractivity contribution in [3.8, 4) is 0 Å². The Kier molecular flexibility index (Phi) is 4.15. The molecular weight excluding hydrogens is 241 g/mol. The van der Waals surface area contributed by atoms with Crippen LogP contribution in [0.3, 0.4) is 0 Å². The van der Waals surface area contributed by atoms with Crippen molar-refractivity contribution in [2.45, 2.75) is 45.1 Å². The monoisotopic (exact) mass is 257 g/mol. The van der Waals surface area contributed by atoms with Crippen molar-refractivity contribution >= 4 is 17.4 Å². The van der Waals surface area contributed by atoms with Gasteiger partial charge in [0.25, 0.3) is 0 Å². The van der Waals surface area contributed by atoms with E-state index in [2.05, 4.69) is 21.8 Å². The first-order chi connectivity index (χ1) is 8.22. The Labute approximate surface area is 106 Å². The molecule has 3 nitrogen and oxygen atoms in total. The summed E-state index contributed by atoms with van der Waals surface area (Å²) < 4.78 is 13.8. The summed E-state index contributed by atoms with van der Waals surface area (Å²) in [5.41, 5.74) is 0. The molecule has 0 spiro atoms. The number of nitrogens with zero attached hydrogens (tertiary/aromatic N) is 3. The summed E-state index contributed by atoms with van der Waals surface area (Å²) in [5.74, 6) is -0.0199. The van der Waals surface area contributed by atoms with Gasteiger partial charge in [0.2, 0.25) is 5.28 Å².